The van der Waals surface area contributed by atoms with Crippen LogP contribution in [0.4, 0.5) is 0 Å². The minimum atomic E-state index is -1.40. The highest BCUT2D eigenvalue weighted by atomic mass is 16.4. The summed E-state index contributed by atoms with van der Waals surface area (Å²) >= 11 is 0. The predicted octanol–water partition coefficient (Wildman–Crippen LogP) is 1.64. The van der Waals surface area contributed by atoms with Crippen molar-refractivity contribution in [2.75, 3.05) is 0 Å². The SMILES string of the molecule is CC(C)c1cc2ccccc2cc1B(O)O. The lowest BCUT2D eigenvalue weighted by Gasteiger charge is -2.13. The molecule has 0 aliphatic heterocycles. The van der Waals surface area contributed by atoms with Gasteiger partial charge in [-0.3, -0.25) is 0 Å². The molecule has 16 heavy (non-hydrogen) atoms. The molecule has 0 saturated heterocycles. The van der Waals surface area contributed by atoms with Gasteiger partial charge in [0.2, 0.25) is 0 Å². The Hall–Kier alpha value is -1.32. The van der Waals surface area contributed by atoms with Crippen LogP contribution in [0, 0.1) is 0 Å². The van der Waals surface area contributed by atoms with Crippen molar-refractivity contribution in [3.63, 3.8) is 0 Å². The molecule has 0 bridgehead atoms. The third kappa shape index (κ3) is 1.97. The minimum Gasteiger partial charge on any atom is -0.423 e. The molecule has 2 aromatic carbocycles. The van der Waals surface area contributed by atoms with Crippen LogP contribution in [0.15, 0.2) is 36.4 Å². The van der Waals surface area contributed by atoms with Gasteiger partial charge in [0, 0.05) is 0 Å². The van der Waals surface area contributed by atoms with E-state index in [-0.39, 0.29) is 5.92 Å². The van der Waals surface area contributed by atoms with Crippen LogP contribution in [0.5, 0.6) is 0 Å². The van der Waals surface area contributed by atoms with Crippen LogP contribution in [0.3, 0.4) is 0 Å². The lowest BCUT2D eigenvalue weighted by Crippen LogP contribution is -2.33. The fraction of sp³-hybridized carbons (Fsp3) is 0.231. The Morgan fingerprint density at radius 3 is 2.06 bits per heavy atom. The lowest BCUT2D eigenvalue weighted by atomic mass is 9.73. The third-order valence-electron chi connectivity index (χ3n) is 2.85. The van der Waals surface area contributed by atoms with E-state index >= 15 is 0 Å². The number of fused-ring (bicyclic) bond motifs is 1. The highest BCUT2D eigenvalue weighted by molar-refractivity contribution is 6.59. The molecule has 2 N–H and O–H groups in total. The van der Waals surface area contributed by atoms with Gasteiger partial charge in [-0.05, 0) is 27.7 Å². The molecule has 0 aliphatic rings. The quantitative estimate of drug-likeness (QED) is 0.746. The van der Waals surface area contributed by atoms with E-state index < -0.39 is 7.12 Å². The van der Waals surface area contributed by atoms with E-state index in [1.807, 2.05) is 36.4 Å². The first-order valence-corrected chi connectivity index (χ1v) is 5.48. The van der Waals surface area contributed by atoms with Crippen LogP contribution in [0.1, 0.15) is 25.3 Å². The molecule has 0 atom stereocenters. The van der Waals surface area contributed by atoms with Crippen molar-refractivity contribution in [1.82, 2.24) is 0 Å². The highest BCUT2D eigenvalue weighted by Gasteiger charge is 2.18. The molecule has 0 amide bonds. The number of hydrogen-bond acceptors (Lipinski definition) is 2. The molecule has 2 rings (SSSR count). The number of benzene rings is 2. The monoisotopic (exact) mass is 214 g/mol. The van der Waals surface area contributed by atoms with Crippen LogP contribution >= 0.6 is 0 Å². The van der Waals surface area contributed by atoms with E-state index in [0.29, 0.717) is 5.46 Å². The summed E-state index contributed by atoms with van der Waals surface area (Å²) in [6, 6.07) is 11.8. The zero-order valence-corrected chi connectivity index (χ0v) is 9.51. The van der Waals surface area contributed by atoms with E-state index in [1.54, 1.807) is 0 Å². The minimum absolute atomic E-state index is 0.279. The van der Waals surface area contributed by atoms with Crippen LogP contribution < -0.4 is 5.46 Å². The maximum Gasteiger partial charge on any atom is 0.488 e. The first-order valence-electron chi connectivity index (χ1n) is 5.48. The average Bonchev–Trinajstić information content (AvgIpc) is 2.27. The van der Waals surface area contributed by atoms with E-state index in [0.717, 1.165) is 16.3 Å². The summed E-state index contributed by atoms with van der Waals surface area (Å²) in [6.07, 6.45) is 0. The van der Waals surface area contributed by atoms with Crippen molar-refractivity contribution >= 4 is 23.4 Å². The summed E-state index contributed by atoms with van der Waals surface area (Å²) in [4.78, 5) is 0. The second-order valence-electron chi connectivity index (χ2n) is 4.36. The van der Waals surface area contributed by atoms with E-state index in [2.05, 4.69) is 13.8 Å². The maximum atomic E-state index is 9.37. The first kappa shape index (κ1) is 11.2. The third-order valence-corrected chi connectivity index (χ3v) is 2.85. The van der Waals surface area contributed by atoms with Gasteiger partial charge in [-0.15, -0.1) is 0 Å². The maximum absolute atomic E-state index is 9.37. The Balaban J connectivity index is 2.71. The molecule has 0 saturated carbocycles. The van der Waals surface area contributed by atoms with Crippen molar-refractivity contribution < 1.29 is 10.0 Å². The number of hydrogen-bond donors (Lipinski definition) is 2. The van der Waals surface area contributed by atoms with Crippen molar-refractivity contribution in [2.24, 2.45) is 0 Å². The zero-order chi connectivity index (χ0) is 11.7. The lowest BCUT2D eigenvalue weighted by molar-refractivity contribution is 0.425. The van der Waals surface area contributed by atoms with Crippen LogP contribution in [-0.4, -0.2) is 17.2 Å². The summed E-state index contributed by atoms with van der Waals surface area (Å²) in [6.45, 7) is 4.10. The normalized spacial score (nSPS) is 11.1. The standard InChI is InChI=1S/C13H15BO2/c1-9(2)12-7-10-5-3-4-6-11(10)8-13(12)14(15)16/h3-9,15-16H,1-2H3. The molecule has 0 aromatic heterocycles. The molecule has 82 valence electrons. The van der Waals surface area contributed by atoms with Gasteiger partial charge in [-0.25, -0.2) is 0 Å². The molecule has 0 heterocycles. The summed E-state index contributed by atoms with van der Waals surface area (Å²) in [5.41, 5.74) is 1.60. The molecule has 2 nitrogen and oxygen atoms in total. The van der Waals surface area contributed by atoms with Gasteiger partial charge in [-0.2, -0.15) is 0 Å². The van der Waals surface area contributed by atoms with E-state index in [4.69, 9.17) is 0 Å². The Morgan fingerprint density at radius 2 is 1.56 bits per heavy atom. The van der Waals surface area contributed by atoms with E-state index in [9.17, 15) is 10.0 Å². The predicted molar refractivity (Wildman–Crippen MR) is 67.9 cm³/mol. The number of rotatable bonds is 2. The first-order chi connectivity index (χ1) is 7.59. The molecule has 2 aromatic rings. The largest absolute Gasteiger partial charge is 0.488 e. The van der Waals surface area contributed by atoms with E-state index in [1.165, 1.54) is 0 Å². The van der Waals surface area contributed by atoms with Crippen molar-refractivity contribution in [2.45, 2.75) is 19.8 Å². The second-order valence-corrected chi connectivity index (χ2v) is 4.36. The molecule has 0 fully saturated rings. The Bertz CT molecular complexity index is 460. The van der Waals surface area contributed by atoms with Gasteiger partial charge < -0.3 is 10.0 Å². The Morgan fingerprint density at radius 1 is 1.00 bits per heavy atom. The molecule has 0 unspecified atom stereocenters. The fourth-order valence-electron chi connectivity index (χ4n) is 2.00. The smallest absolute Gasteiger partial charge is 0.423 e. The average molecular weight is 214 g/mol. The topological polar surface area (TPSA) is 40.5 Å². The Labute approximate surface area is 95.7 Å². The second kappa shape index (κ2) is 4.28. The summed E-state index contributed by atoms with van der Waals surface area (Å²) in [5.74, 6) is 0.279. The summed E-state index contributed by atoms with van der Waals surface area (Å²) in [7, 11) is -1.40. The van der Waals surface area contributed by atoms with Gasteiger partial charge in [0.05, 0.1) is 0 Å². The highest BCUT2D eigenvalue weighted by Crippen LogP contribution is 2.19. The molecule has 0 radical (unpaired) electrons. The van der Waals surface area contributed by atoms with Gasteiger partial charge >= 0.3 is 7.12 Å². The van der Waals surface area contributed by atoms with Gasteiger partial charge in [-0.1, -0.05) is 50.2 Å². The van der Waals surface area contributed by atoms with Crippen LogP contribution in [0.2, 0.25) is 0 Å². The molecule has 0 aliphatic carbocycles. The van der Waals surface area contributed by atoms with Gasteiger partial charge in [0.25, 0.3) is 0 Å². The molecule has 0 spiro atoms. The van der Waals surface area contributed by atoms with Crippen molar-refractivity contribution in [1.29, 1.82) is 0 Å². The van der Waals surface area contributed by atoms with Crippen LogP contribution in [0.25, 0.3) is 10.8 Å². The van der Waals surface area contributed by atoms with Gasteiger partial charge in [0.1, 0.15) is 0 Å². The molecular weight excluding hydrogens is 199 g/mol. The summed E-state index contributed by atoms with van der Waals surface area (Å²) < 4.78 is 0. The van der Waals surface area contributed by atoms with Crippen molar-refractivity contribution in [3.8, 4) is 0 Å². The fourth-order valence-corrected chi connectivity index (χ4v) is 2.00. The van der Waals surface area contributed by atoms with Gasteiger partial charge in [0.15, 0.2) is 0 Å². The Kier molecular flexibility index (Phi) is 2.99. The zero-order valence-electron chi connectivity index (χ0n) is 9.51. The molecular formula is C13H15BO2. The molecule has 3 heteroatoms. The van der Waals surface area contributed by atoms with Crippen LogP contribution in [-0.2, 0) is 0 Å². The summed E-state index contributed by atoms with van der Waals surface area (Å²) in [5, 5.41) is 20.9. The van der Waals surface area contributed by atoms with Crippen molar-refractivity contribution in [3.05, 3.63) is 42.0 Å².